The molecule has 2 aliphatic rings. The summed E-state index contributed by atoms with van der Waals surface area (Å²) in [5.74, 6) is -0.0418. The van der Waals surface area contributed by atoms with Crippen molar-refractivity contribution in [1.29, 1.82) is 5.26 Å². The summed E-state index contributed by atoms with van der Waals surface area (Å²) in [4.78, 5) is 18.7. The fraction of sp³-hybridized carbons (Fsp3) is 0.208. The number of likely N-dealkylation sites (tertiary alicyclic amines) is 1. The average Bonchev–Trinajstić information content (AvgIpc) is 3.34. The van der Waals surface area contributed by atoms with Crippen LogP contribution in [0.5, 0.6) is 0 Å². The van der Waals surface area contributed by atoms with Crippen molar-refractivity contribution in [2.45, 2.75) is 12.0 Å². The van der Waals surface area contributed by atoms with Crippen molar-refractivity contribution in [2.75, 3.05) is 18.4 Å². The molecule has 1 unspecified atom stereocenters. The molecule has 6 nitrogen and oxygen atoms in total. The Morgan fingerprint density at radius 2 is 1.94 bits per heavy atom. The van der Waals surface area contributed by atoms with Crippen LogP contribution >= 0.6 is 0 Å². The van der Waals surface area contributed by atoms with E-state index in [0.717, 1.165) is 35.5 Å². The Balaban J connectivity index is 1.32. The van der Waals surface area contributed by atoms with Crippen molar-refractivity contribution in [2.24, 2.45) is 5.92 Å². The Morgan fingerprint density at radius 1 is 1.16 bits per heavy atom. The van der Waals surface area contributed by atoms with E-state index in [2.05, 4.69) is 21.8 Å². The third-order valence-corrected chi connectivity index (χ3v) is 6.05. The summed E-state index contributed by atoms with van der Waals surface area (Å²) in [6.07, 6.45) is 6.54. The van der Waals surface area contributed by atoms with Crippen LogP contribution in [-0.2, 0) is 0 Å². The van der Waals surface area contributed by atoms with Crippen molar-refractivity contribution in [3.63, 3.8) is 0 Å². The largest absolute Gasteiger partial charge is 0.355 e. The lowest BCUT2D eigenvalue weighted by molar-refractivity contribution is 0.0929. The number of halogens is 1. The Labute approximate surface area is 179 Å². The van der Waals surface area contributed by atoms with Gasteiger partial charge in [-0.1, -0.05) is 12.1 Å². The third kappa shape index (κ3) is 3.68. The van der Waals surface area contributed by atoms with Gasteiger partial charge in [0, 0.05) is 47.4 Å². The maximum absolute atomic E-state index is 13.2. The van der Waals surface area contributed by atoms with E-state index < -0.39 is 0 Å². The number of aromatic nitrogens is 1. The number of carbonyl (C=O) groups excluding carboxylic acids is 1. The molecule has 1 saturated carbocycles. The summed E-state index contributed by atoms with van der Waals surface area (Å²) in [7, 11) is 0. The lowest BCUT2D eigenvalue weighted by atomic mass is 10.0. The van der Waals surface area contributed by atoms with Gasteiger partial charge in [0.25, 0.3) is 5.91 Å². The number of pyridine rings is 1. The molecule has 1 amide bonds. The predicted octanol–water partition coefficient (Wildman–Crippen LogP) is 3.92. The molecular weight excluding hydrogens is 393 g/mol. The van der Waals surface area contributed by atoms with Gasteiger partial charge in [-0.3, -0.25) is 9.78 Å². The predicted molar refractivity (Wildman–Crippen MR) is 115 cm³/mol. The highest BCUT2D eigenvalue weighted by atomic mass is 19.1. The first kappa shape index (κ1) is 19.1. The van der Waals surface area contributed by atoms with Crippen LogP contribution in [0.2, 0.25) is 0 Å². The molecule has 154 valence electrons. The molecule has 7 heteroatoms. The lowest BCUT2D eigenvalue weighted by Gasteiger charge is -2.17. The lowest BCUT2D eigenvalue weighted by Crippen LogP contribution is -2.41. The summed E-state index contributed by atoms with van der Waals surface area (Å²) < 4.78 is 13.2. The van der Waals surface area contributed by atoms with Crippen LogP contribution in [0.25, 0.3) is 11.1 Å². The number of benzene rings is 2. The van der Waals surface area contributed by atoms with Crippen LogP contribution < -0.4 is 10.6 Å². The molecule has 31 heavy (non-hydrogen) atoms. The molecule has 3 aromatic rings. The molecule has 1 aliphatic heterocycles. The number of hydrogen-bond acceptors (Lipinski definition) is 5. The second kappa shape index (κ2) is 7.40. The zero-order valence-corrected chi connectivity index (χ0v) is 16.7. The van der Waals surface area contributed by atoms with Crippen LogP contribution in [-0.4, -0.2) is 34.4 Å². The van der Waals surface area contributed by atoms with Gasteiger partial charge in [-0.2, -0.15) is 5.26 Å². The quantitative estimate of drug-likeness (QED) is 0.620. The first-order valence-electron chi connectivity index (χ1n) is 10.1. The summed E-state index contributed by atoms with van der Waals surface area (Å²) in [6, 6.07) is 15.4. The number of rotatable bonds is 5. The molecule has 2 fully saturated rings. The summed E-state index contributed by atoms with van der Waals surface area (Å²) in [5, 5.41) is 15.5. The Morgan fingerprint density at radius 3 is 2.65 bits per heavy atom. The van der Waals surface area contributed by atoms with Crippen molar-refractivity contribution >= 4 is 17.3 Å². The van der Waals surface area contributed by atoms with E-state index in [1.54, 1.807) is 41.6 Å². The monoisotopic (exact) mass is 413 g/mol. The first-order valence-corrected chi connectivity index (χ1v) is 10.1. The van der Waals surface area contributed by atoms with Gasteiger partial charge in [0.05, 0.1) is 12.1 Å². The highest BCUT2D eigenvalue weighted by Gasteiger charge is 2.61. The first-order chi connectivity index (χ1) is 15.1. The molecule has 1 aromatic heterocycles. The van der Waals surface area contributed by atoms with Crippen molar-refractivity contribution in [1.82, 2.24) is 15.2 Å². The van der Waals surface area contributed by atoms with Crippen LogP contribution in [0.3, 0.4) is 0 Å². The highest BCUT2D eigenvalue weighted by Crippen LogP contribution is 2.49. The van der Waals surface area contributed by atoms with Gasteiger partial charge < -0.3 is 15.5 Å². The SMILES string of the molecule is N#CN1CC2C[C@]2(NC(=O)c2ccc(-c3cnccc3Nc3ccc(F)cc3)cc2)C1. The molecule has 0 radical (unpaired) electrons. The number of nitrogens with zero attached hydrogens (tertiary/aromatic N) is 3. The molecule has 2 heterocycles. The summed E-state index contributed by atoms with van der Waals surface area (Å²) >= 11 is 0. The highest BCUT2D eigenvalue weighted by molar-refractivity contribution is 5.96. The van der Waals surface area contributed by atoms with E-state index >= 15 is 0 Å². The van der Waals surface area contributed by atoms with Crippen LogP contribution in [0.1, 0.15) is 16.8 Å². The standard InChI is InChI=1S/C24H20FN5O/c25-19-5-7-20(8-6-19)28-22-9-10-27-12-21(22)16-1-3-17(4-2-16)23(31)29-24-11-18(24)13-30(14-24)15-26/h1-10,12,18H,11,13-14H2,(H,27,28)(H,29,31)/t18?,24-/m0/s1. The van der Waals surface area contributed by atoms with Crippen LogP contribution in [0.4, 0.5) is 15.8 Å². The number of carbonyl (C=O) groups is 1. The van der Waals surface area contributed by atoms with E-state index in [1.807, 2.05) is 18.2 Å². The Bertz CT molecular complexity index is 1170. The summed E-state index contributed by atoms with van der Waals surface area (Å²) in [6.45, 7) is 1.31. The maximum Gasteiger partial charge on any atom is 0.251 e. The van der Waals surface area contributed by atoms with E-state index in [9.17, 15) is 9.18 Å². The molecule has 0 spiro atoms. The fourth-order valence-corrected chi connectivity index (χ4v) is 4.28. The minimum atomic E-state index is -0.288. The zero-order valence-electron chi connectivity index (χ0n) is 16.7. The third-order valence-electron chi connectivity index (χ3n) is 6.05. The number of anilines is 2. The second-order valence-corrected chi connectivity index (χ2v) is 8.12. The van der Waals surface area contributed by atoms with Gasteiger partial charge in [-0.05, 0) is 54.4 Å². The van der Waals surface area contributed by atoms with Crippen molar-refractivity contribution in [3.05, 3.63) is 78.4 Å². The number of nitriles is 1. The number of amides is 1. The van der Waals surface area contributed by atoms with Crippen molar-refractivity contribution < 1.29 is 9.18 Å². The fourth-order valence-electron chi connectivity index (χ4n) is 4.28. The Hall–Kier alpha value is -3.92. The average molecular weight is 413 g/mol. The molecule has 2 aromatic carbocycles. The van der Waals surface area contributed by atoms with E-state index in [0.29, 0.717) is 18.0 Å². The van der Waals surface area contributed by atoms with E-state index in [1.165, 1.54) is 12.1 Å². The number of fused-ring (bicyclic) bond motifs is 1. The smallest absolute Gasteiger partial charge is 0.251 e. The molecule has 2 atom stereocenters. The van der Waals surface area contributed by atoms with Gasteiger partial charge in [0.1, 0.15) is 5.82 Å². The maximum atomic E-state index is 13.2. The van der Waals surface area contributed by atoms with Gasteiger partial charge >= 0.3 is 0 Å². The summed E-state index contributed by atoms with van der Waals surface area (Å²) in [5.41, 5.74) is 3.72. The number of nitrogens with one attached hydrogen (secondary N) is 2. The zero-order chi connectivity index (χ0) is 21.4. The normalized spacial score (nSPS) is 21.2. The van der Waals surface area contributed by atoms with Gasteiger partial charge in [-0.15, -0.1) is 0 Å². The van der Waals surface area contributed by atoms with E-state index in [-0.39, 0.29) is 17.3 Å². The second-order valence-electron chi connectivity index (χ2n) is 8.12. The minimum absolute atomic E-state index is 0.121. The number of piperidine rings is 1. The van der Waals surface area contributed by atoms with E-state index in [4.69, 9.17) is 5.26 Å². The van der Waals surface area contributed by atoms with Gasteiger partial charge in [0.2, 0.25) is 0 Å². The Kier molecular flexibility index (Phi) is 4.55. The van der Waals surface area contributed by atoms with Gasteiger partial charge in [0.15, 0.2) is 6.19 Å². The molecule has 1 aliphatic carbocycles. The topological polar surface area (TPSA) is 81.1 Å². The molecule has 2 N–H and O–H groups in total. The molecular formula is C24H20FN5O. The van der Waals surface area contributed by atoms with Crippen LogP contribution in [0.15, 0.2) is 67.0 Å². The van der Waals surface area contributed by atoms with Crippen molar-refractivity contribution in [3.8, 4) is 17.3 Å². The minimum Gasteiger partial charge on any atom is -0.355 e. The molecule has 5 rings (SSSR count). The number of hydrogen-bond donors (Lipinski definition) is 2. The molecule has 1 saturated heterocycles. The van der Waals surface area contributed by atoms with Gasteiger partial charge in [-0.25, -0.2) is 4.39 Å². The van der Waals surface area contributed by atoms with Crippen LogP contribution in [0, 0.1) is 23.2 Å². The molecule has 0 bridgehead atoms.